The van der Waals surface area contributed by atoms with Gasteiger partial charge >= 0.3 is 0 Å². The van der Waals surface area contributed by atoms with E-state index in [4.69, 9.17) is 4.52 Å². The molecule has 0 atom stereocenters. The normalized spacial score (nSPS) is 15.2. The molecular weight excluding hydrogens is 397 g/mol. The van der Waals surface area contributed by atoms with Crippen molar-refractivity contribution in [1.82, 2.24) is 25.8 Å². The molecule has 0 radical (unpaired) electrons. The first-order valence-electron chi connectivity index (χ1n) is 10.4. The first kappa shape index (κ1) is 20.8. The van der Waals surface area contributed by atoms with Crippen LogP contribution in [0.25, 0.3) is 11.6 Å². The van der Waals surface area contributed by atoms with Crippen LogP contribution in [0.4, 0.5) is 10.1 Å². The van der Waals surface area contributed by atoms with E-state index in [9.17, 15) is 4.39 Å². The standard InChI is InChI=1S/C22H26FN7O/c1-24-22(26-12-8-20-28-21(31-29-20)19-7-2-3-11-25-19)27-17-9-13-30(14-10-17)18-6-4-5-16(23)15-18/h2-7,11,15,17H,8-10,12-14H2,1H3,(H2,24,26,27). The Labute approximate surface area is 180 Å². The summed E-state index contributed by atoms with van der Waals surface area (Å²) in [6.07, 6.45) is 4.21. The molecule has 162 valence electrons. The van der Waals surface area contributed by atoms with Gasteiger partial charge in [0, 0.05) is 51.0 Å². The summed E-state index contributed by atoms with van der Waals surface area (Å²) in [5, 5.41) is 10.8. The quantitative estimate of drug-likeness (QED) is 0.465. The lowest BCUT2D eigenvalue weighted by Crippen LogP contribution is -2.49. The zero-order chi connectivity index (χ0) is 21.5. The Morgan fingerprint density at radius 3 is 2.84 bits per heavy atom. The lowest BCUT2D eigenvalue weighted by Gasteiger charge is -2.34. The molecule has 0 amide bonds. The molecule has 4 rings (SSSR count). The number of hydrogen-bond acceptors (Lipinski definition) is 6. The Morgan fingerprint density at radius 2 is 2.10 bits per heavy atom. The first-order chi connectivity index (χ1) is 15.2. The summed E-state index contributed by atoms with van der Waals surface area (Å²) >= 11 is 0. The zero-order valence-electron chi connectivity index (χ0n) is 17.5. The predicted molar refractivity (Wildman–Crippen MR) is 117 cm³/mol. The number of nitrogens with one attached hydrogen (secondary N) is 2. The minimum Gasteiger partial charge on any atom is -0.371 e. The summed E-state index contributed by atoms with van der Waals surface area (Å²) in [5.41, 5.74) is 1.60. The highest BCUT2D eigenvalue weighted by atomic mass is 19.1. The second-order valence-corrected chi connectivity index (χ2v) is 7.37. The molecule has 1 aliphatic rings. The molecule has 0 saturated carbocycles. The molecular formula is C22H26FN7O. The predicted octanol–water partition coefficient (Wildman–Crippen LogP) is 2.65. The Morgan fingerprint density at radius 1 is 1.23 bits per heavy atom. The van der Waals surface area contributed by atoms with Gasteiger partial charge in [-0.25, -0.2) is 4.39 Å². The van der Waals surface area contributed by atoms with Crippen molar-refractivity contribution in [3.63, 3.8) is 0 Å². The lowest BCUT2D eigenvalue weighted by atomic mass is 10.0. The van der Waals surface area contributed by atoms with Gasteiger partial charge in [-0.05, 0) is 43.2 Å². The van der Waals surface area contributed by atoms with Crippen LogP contribution >= 0.6 is 0 Å². The summed E-state index contributed by atoms with van der Waals surface area (Å²) in [7, 11) is 1.75. The van der Waals surface area contributed by atoms with Crippen LogP contribution in [0.5, 0.6) is 0 Å². The van der Waals surface area contributed by atoms with Gasteiger partial charge in [0.05, 0.1) is 0 Å². The van der Waals surface area contributed by atoms with E-state index in [1.807, 2.05) is 24.3 Å². The van der Waals surface area contributed by atoms with E-state index in [1.54, 1.807) is 25.4 Å². The van der Waals surface area contributed by atoms with E-state index < -0.39 is 0 Å². The van der Waals surface area contributed by atoms with E-state index >= 15 is 0 Å². The SMILES string of the molecule is CN=C(NCCc1noc(-c2ccccn2)n1)NC1CCN(c2cccc(F)c2)CC1. The van der Waals surface area contributed by atoms with Gasteiger partial charge in [-0.15, -0.1) is 0 Å². The molecule has 1 fully saturated rings. The van der Waals surface area contributed by atoms with Crippen molar-refractivity contribution in [2.45, 2.75) is 25.3 Å². The maximum Gasteiger partial charge on any atom is 0.276 e. The van der Waals surface area contributed by atoms with E-state index in [0.717, 1.165) is 37.6 Å². The molecule has 3 heterocycles. The highest BCUT2D eigenvalue weighted by Crippen LogP contribution is 2.20. The van der Waals surface area contributed by atoms with Crippen molar-refractivity contribution in [2.75, 3.05) is 31.6 Å². The smallest absolute Gasteiger partial charge is 0.276 e. The summed E-state index contributed by atoms with van der Waals surface area (Å²) in [6, 6.07) is 12.6. The second kappa shape index (κ2) is 10.0. The number of nitrogens with zero attached hydrogens (tertiary/aromatic N) is 5. The maximum absolute atomic E-state index is 13.5. The third-order valence-electron chi connectivity index (χ3n) is 5.23. The Hall–Kier alpha value is -3.49. The van der Waals surface area contributed by atoms with Crippen LogP contribution in [-0.4, -0.2) is 53.8 Å². The van der Waals surface area contributed by atoms with Crippen LogP contribution in [-0.2, 0) is 6.42 Å². The third kappa shape index (κ3) is 5.56. The fourth-order valence-corrected chi connectivity index (χ4v) is 3.58. The number of rotatable bonds is 6. The van der Waals surface area contributed by atoms with Crippen LogP contribution in [0, 0.1) is 5.82 Å². The van der Waals surface area contributed by atoms with Gasteiger partial charge in [0.1, 0.15) is 11.5 Å². The number of guanidine groups is 1. The molecule has 0 unspecified atom stereocenters. The average molecular weight is 423 g/mol. The number of aliphatic imine (C=N–C) groups is 1. The van der Waals surface area contributed by atoms with Gasteiger partial charge in [-0.1, -0.05) is 17.3 Å². The van der Waals surface area contributed by atoms with E-state index in [1.165, 1.54) is 6.07 Å². The molecule has 1 aliphatic heterocycles. The van der Waals surface area contributed by atoms with Gasteiger partial charge in [0.15, 0.2) is 11.8 Å². The van der Waals surface area contributed by atoms with Crippen molar-refractivity contribution in [3.8, 4) is 11.6 Å². The first-order valence-corrected chi connectivity index (χ1v) is 10.4. The molecule has 8 nitrogen and oxygen atoms in total. The van der Waals surface area contributed by atoms with Gasteiger partial charge in [-0.2, -0.15) is 4.98 Å². The van der Waals surface area contributed by atoms with Gasteiger partial charge in [0.2, 0.25) is 0 Å². The highest BCUT2D eigenvalue weighted by molar-refractivity contribution is 5.80. The van der Waals surface area contributed by atoms with Gasteiger partial charge < -0.3 is 20.1 Å². The summed E-state index contributed by atoms with van der Waals surface area (Å²) in [6.45, 7) is 2.37. The van der Waals surface area contributed by atoms with E-state index in [2.05, 4.69) is 35.7 Å². The van der Waals surface area contributed by atoms with Crippen molar-refractivity contribution in [3.05, 3.63) is 60.3 Å². The largest absolute Gasteiger partial charge is 0.371 e. The van der Waals surface area contributed by atoms with Crippen molar-refractivity contribution >= 4 is 11.6 Å². The fourth-order valence-electron chi connectivity index (χ4n) is 3.58. The number of pyridine rings is 1. The summed E-state index contributed by atoms with van der Waals surface area (Å²) in [4.78, 5) is 15.1. The fraction of sp³-hybridized carbons (Fsp3) is 0.364. The second-order valence-electron chi connectivity index (χ2n) is 7.37. The van der Waals surface area contributed by atoms with Crippen LogP contribution in [0.15, 0.2) is 58.2 Å². The molecule has 1 aromatic carbocycles. The topological polar surface area (TPSA) is 91.5 Å². The van der Waals surface area contributed by atoms with E-state index in [-0.39, 0.29) is 5.82 Å². The van der Waals surface area contributed by atoms with Crippen molar-refractivity contribution in [2.24, 2.45) is 4.99 Å². The molecule has 1 saturated heterocycles. The number of halogens is 1. The molecule has 0 aliphatic carbocycles. The number of benzene rings is 1. The Balaban J connectivity index is 1.21. The minimum absolute atomic E-state index is 0.198. The number of hydrogen-bond donors (Lipinski definition) is 2. The monoisotopic (exact) mass is 423 g/mol. The lowest BCUT2D eigenvalue weighted by molar-refractivity contribution is 0.421. The zero-order valence-corrected chi connectivity index (χ0v) is 17.5. The van der Waals surface area contributed by atoms with Gasteiger partial charge in [0.25, 0.3) is 5.89 Å². The third-order valence-corrected chi connectivity index (χ3v) is 5.23. The van der Waals surface area contributed by atoms with Crippen LogP contribution in [0.1, 0.15) is 18.7 Å². The summed E-state index contributed by atoms with van der Waals surface area (Å²) < 4.78 is 18.7. The molecule has 9 heteroatoms. The van der Waals surface area contributed by atoms with E-state index in [0.29, 0.717) is 36.4 Å². The maximum atomic E-state index is 13.5. The Bertz CT molecular complexity index is 1000. The van der Waals surface area contributed by atoms with Crippen LogP contribution in [0.2, 0.25) is 0 Å². The molecule has 2 N–H and O–H groups in total. The number of aromatic nitrogens is 3. The highest BCUT2D eigenvalue weighted by Gasteiger charge is 2.20. The molecule has 3 aromatic rings. The minimum atomic E-state index is -0.198. The molecule has 31 heavy (non-hydrogen) atoms. The summed E-state index contributed by atoms with van der Waals surface area (Å²) in [5.74, 6) is 1.59. The van der Waals surface area contributed by atoms with Crippen molar-refractivity contribution < 1.29 is 8.91 Å². The Kier molecular flexibility index (Phi) is 6.71. The molecule has 0 bridgehead atoms. The van der Waals surface area contributed by atoms with Crippen LogP contribution in [0.3, 0.4) is 0 Å². The van der Waals surface area contributed by atoms with Crippen molar-refractivity contribution in [1.29, 1.82) is 0 Å². The van der Waals surface area contributed by atoms with Gasteiger partial charge in [-0.3, -0.25) is 9.98 Å². The molecule has 2 aromatic heterocycles. The average Bonchev–Trinajstić information content (AvgIpc) is 3.28. The van der Waals surface area contributed by atoms with Crippen LogP contribution < -0.4 is 15.5 Å². The molecule has 0 spiro atoms. The number of piperidine rings is 1. The number of anilines is 1.